The van der Waals surface area contributed by atoms with Gasteiger partial charge in [-0.1, -0.05) is 15.9 Å². The fraction of sp³-hybridized carbons (Fsp3) is 0.308. The molecule has 5 heteroatoms. The monoisotopic (exact) mass is 312 g/mol. The van der Waals surface area contributed by atoms with Crippen LogP contribution in [-0.2, 0) is 13.5 Å². The minimum atomic E-state index is -0.803. The van der Waals surface area contributed by atoms with E-state index in [2.05, 4.69) is 21.0 Å². The van der Waals surface area contributed by atoms with Crippen LogP contribution < -0.4 is 0 Å². The van der Waals surface area contributed by atoms with Crippen molar-refractivity contribution in [2.75, 3.05) is 0 Å². The maximum absolute atomic E-state index is 13.6. The maximum Gasteiger partial charge on any atom is 0.129 e. The molecule has 1 heterocycles. The molecule has 1 unspecified atom stereocenters. The Hall–Kier alpha value is -1.20. The van der Waals surface area contributed by atoms with Gasteiger partial charge in [0, 0.05) is 23.3 Å². The summed E-state index contributed by atoms with van der Waals surface area (Å²) in [5, 5.41) is 14.1. The third-order valence-electron chi connectivity index (χ3n) is 2.78. The summed E-state index contributed by atoms with van der Waals surface area (Å²) in [6.45, 7) is 0. The van der Waals surface area contributed by atoms with Crippen molar-refractivity contribution < 1.29 is 9.50 Å². The smallest absolute Gasteiger partial charge is 0.129 e. The molecule has 96 valence electrons. The molecule has 0 saturated heterocycles. The lowest BCUT2D eigenvalue weighted by molar-refractivity contribution is 0.163. The largest absolute Gasteiger partial charge is 0.388 e. The molecule has 0 aliphatic heterocycles. The minimum Gasteiger partial charge on any atom is -0.388 e. The van der Waals surface area contributed by atoms with Crippen LogP contribution in [0.1, 0.15) is 23.7 Å². The molecular weight excluding hydrogens is 299 g/mol. The van der Waals surface area contributed by atoms with Gasteiger partial charge < -0.3 is 5.11 Å². The maximum atomic E-state index is 13.6. The van der Waals surface area contributed by atoms with Crippen molar-refractivity contribution >= 4 is 15.9 Å². The average molecular weight is 313 g/mol. The lowest BCUT2D eigenvalue weighted by Crippen LogP contribution is -2.02. The van der Waals surface area contributed by atoms with Gasteiger partial charge in [0.2, 0.25) is 0 Å². The molecule has 0 amide bonds. The van der Waals surface area contributed by atoms with E-state index in [9.17, 15) is 9.50 Å². The van der Waals surface area contributed by atoms with Gasteiger partial charge in [0.15, 0.2) is 0 Å². The summed E-state index contributed by atoms with van der Waals surface area (Å²) in [5.41, 5.74) is 1.36. The standard InChI is InChI=1S/C13H14BrFN2O/c1-17-8-9(7-16-17)2-5-13(18)11-6-10(14)3-4-12(11)15/h3-4,6-8,13,18H,2,5H2,1H3. The fourth-order valence-corrected chi connectivity index (χ4v) is 2.21. The Bertz CT molecular complexity index is 542. The molecule has 0 aliphatic rings. The zero-order chi connectivity index (χ0) is 13.1. The number of nitrogens with zero attached hydrogens (tertiary/aromatic N) is 2. The van der Waals surface area contributed by atoms with Gasteiger partial charge in [-0.25, -0.2) is 4.39 Å². The van der Waals surface area contributed by atoms with E-state index >= 15 is 0 Å². The van der Waals surface area contributed by atoms with Crippen LogP contribution in [0, 0.1) is 5.82 Å². The van der Waals surface area contributed by atoms with Crippen molar-refractivity contribution in [3.05, 3.63) is 52.0 Å². The zero-order valence-corrected chi connectivity index (χ0v) is 11.6. The third-order valence-corrected chi connectivity index (χ3v) is 3.28. The van der Waals surface area contributed by atoms with Crippen molar-refractivity contribution in [3.63, 3.8) is 0 Å². The predicted molar refractivity (Wildman–Crippen MR) is 70.6 cm³/mol. The fourth-order valence-electron chi connectivity index (χ4n) is 1.83. The summed E-state index contributed by atoms with van der Waals surface area (Å²) in [6.07, 6.45) is 3.98. The zero-order valence-electron chi connectivity index (χ0n) is 9.98. The highest BCUT2D eigenvalue weighted by Crippen LogP contribution is 2.25. The number of aryl methyl sites for hydroxylation is 2. The lowest BCUT2D eigenvalue weighted by atomic mass is 10.0. The molecule has 1 atom stereocenters. The van der Waals surface area contributed by atoms with Gasteiger partial charge in [0.1, 0.15) is 5.82 Å². The number of rotatable bonds is 4. The first-order valence-electron chi connectivity index (χ1n) is 5.67. The number of hydrogen-bond donors (Lipinski definition) is 1. The van der Waals surface area contributed by atoms with E-state index < -0.39 is 6.10 Å². The van der Waals surface area contributed by atoms with Gasteiger partial charge in [0.05, 0.1) is 12.3 Å². The Morgan fingerprint density at radius 2 is 2.28 bits per heavy atom. The van der Waals surface area contributed by atoms with E-state index in [1.165, 1.54) is 6.07 Å². The van der Waals surface area contributed by atoms with E-state index in [1.807, 2.05) is 13.2 Å². The summed E-state index contributed by atoms with van der Waals surface area (Å²) in [4.78, 5) is 0. The molecule has 2 rings (SSSR count). The topological polar surface area (TPSA) is 38.0 Å². The molecule has 0 aliphatic carbocycles. The second-order valence-electron chi connectivity index (χ2n) is 4.24. The highest BCUT2D eigenvalue weighted by Gasteiger charge is 2.13. The molecule has 0 fully saturated rings. The summed E-state index contributed by atoms with van der Waals surface area (Å²) < 4.78 is 16.0. The van der Waals surface area contributed by atoms with Crippen molar-refractivity contribution in [3.8, 4) is 0 Å². The Labute approximate surface area is 113 Å². The number of aliphatic hydroxyl groups excluding tert-OH is 1. The van der Waals surface area contributed by atoms with E-state index in [-0.39, 0.29) is 5.82 Å². The molecule has 3 nitrogen and oxygen atoms in total. The predicted octanol–water partition coefficient (Wildman–Crippen LogP) is 2.99. The summed E-state index contributed by atoms with van der Waals surface area (Å²) in [7, 11) is 1.84. The highest BCUT2D eigenvalue weighted by molar-refractivity contribution is 9.10. The van der Waals surface area contributed by atoms with Crippen molar-refractivity contribution in [1.82, 2.24) is 9.78 Å². The van der Waals surface area contributed by atoms with Crippen LogP contribution >= 0.6 is 15.9 Å². The number of aliphatic hydroxyl groups is 1. The minimum absolute atomic E-state index is 0.327. The SMILES string of the molecule is Cn1cc(CCC(O)c2cc(Br)ccc2F)cn1. The first-order chi connectivity index (χ1) is 8.56. The Morgan fingerprint density at radius 3 is 2.94 bits per heavy atom. The van der Waals surface area contributed by atoms with Crippen LogP contribution in [0.5, 0.6) is 0 Å². The van der Waals surface area contributed by atoms with E-state index in [1.54, 1.807) is 23.0 Å². The van der Waals surface area contributed by atoms with Gasteiger partial charge >= 0.3 is 0 Å². The van der Waals surface area contributed by atoms with Crippen molar-refractivity contribution in [2.45, 2.75) is 18.9 Å². The molecular formula is C13H14BrFN2O. The normalized spacial score (nSPS) is 12.7. The highest BCUT2D eigenvalue weighted by atomic mass is 79.9. The molecule has 2 aromatic rings. The van der Waals surface area contributed by atoms with Gasteiger partial charge in [-0.15, -0.1) is 0 Å². The Balaban J connectivity index is 2.03. The molecule has 0 radical (unpaired) electrons. The second kappa shape index (κ2) is 5.63. The number of aromatic nitrogens is 2. The van der Waals surface area contributed by atoms with Crippen LogP contribution in [-0.4, -0.2) is 14.9 Å². The van der Waals surface area contributed by atoms with Gasteiger partial charge in [-0.05, 0) is 36.6 Å². The molecule has 0 spiro atoms. The Morgan fingerprint density at radius 1 is 1.50 bits per heavy atom. The molecule has 1 N–H and O–H groups in total. The third kappa shape index (κ3) is 3.17. The summed E-state index contributed by atoms with van der Waals surface area (Å²) in [5.74, 6) is -0.378. The molecule has 1 aromatic heterocycles. The first kappa shape index (κ1) is 13.2. The quantitative estimate of drug-likeness (QED) is 0.942. The average Bonchev–Trinajstić information content (AvgIpc) is 2.75. The van der Waals surface area contributed by atoms with Crippen LogP contribution in [0.4, 0.5) is 4.39 Å². The number of benzene rings is 1. The number of hydrogen-bond acceptors (Lipinski definition) is 2. The van der Waals surface area contributed by atoms with Crippen LogP contribution in [0.3, 0.4) is 0 Å². The van der Waals surface area contributed by atoms with Gasteiger partial charge in [-0.2, -0.15) is 5.10 Å². The van der Waals surface area contributed by atoms with Crippen LogP contribution in [0.15, 0.2) is 35.1 Å². The van der Waals surface area contributed by atoms with Crippen molar-refractivity contribution in [1.29, 1.82) is 0 Å². The van der Waals surface area contributed by atoms with Crippen LogP contribution in [0.25, 0.3) is 0 Å². The molecule has 0 bridgehead atoms. The van der Waals surface area contributed by atoms with E-state index in [0.29, 0.717) is 18.4 Å². The van der Waals surface area contributed by atoms with E-state index in [0.717, 1.165) is 10.0 Å². The van der Waals surface area contributed by atoms with Crippen molar-refractivity contribution in [2.24, 2.45) is 7.05 Å². The molecule has 0 saturated carbocycles. The summed E-state index contributed by atoms with van der Waals surface area (Å²) >= 11 is 3.27. The summed E-state index contributed by atoms with van der Waals surface area (Å²) in [6, 6.07) is 4.59. The molecule has 18 heavy (non-hydrogen) atoms. The van der Waals surface area contributed by atoms with Gasteiger partial charge in [0.25, 0.3) is 0 Å². The lowest BCUT2D eigenvalue weighted by Gasteiger charge is -2.11. The Kier molecular flexibility index (Phi) is 4.14. The number of halogens is 2. The van der Waals surface area contributed by atoms with E-state index in [4.69, 9.17) is 0 Å². The van der Waals surface area contributed by atoms with Crippen LogP contribution in [0.2, 0.25) is 0 Å². The second-order valence-corrected chi connectivity index (χ2v) is 5.16. The first-order valence-corrected chi connectivity index (χ1v) is 6.46. The molecule has 1 aromatic carbocycles. The van der Waals surface area contributed by atoms with Gasteiger partial charge in [-0.3, -0.25) is 4.68 Å².